The number of nitrogens with zero attached hydrogens (tertiary/aromatic N) is 2. The van der Waals surface area contributed by atoms with Gasteiger partial charge in [0.25, 0.3) is 0 Å². The molecule has 3 aromatic rings. The topological polar surface area (TPSA) is 57.0 Å². The number of benzene rings is 1. The van der Waals surface area contributed by atoms with Gasteiger partial charge in [-0.1, -0.05) is 18.2 Å². The molecule has 1 unspecified atom stereocenters. The fraction of sp³-hybridized carbons (Fsp3) is 0.235. The quantitative estimate of drug-likeness (QED) is 0.800. The molecule has 21 heavy (non-hydrogen) atoms. The number of aryl methyl sites for hydroxylation is 2. The Kier molecular flexibility index (Phi) is 3.39. The first kappa shape index (κ1) is 13.6. The summed E-state index contributed by atoms with van der Waals surface area (Å²) < 4.78 is 7.58. The van der Waals surface area contributed by atoms with Crippen molar-refractivity contribution in [3.05, 3.63) is 70.9 Å². The van der Waals surface area contributed by atoms with Crippen molar-refractivity contribution in [3.8, 4) is 5.69 Å². The van der Waals surface area contributed by atoms with Gasteiger partial charge in [0.2, 0.25) is 0 Å². The minimum Gasteiger partial charge on any atom is -0.466 e. The van der Waals surface area contributed by atoms with Gasteiger partial charge < -0.3 is 10.2 Å². The van der Waals surface area contributed by atoms with E-state index in [-0.39, 0.29) is 6.04 Å². The van der Waals surface area contributed by atoms with Crippen LogP contribution in [-0.4, -0.2) is 9.78 Å². The molecule has 0 aliphatic carbocycles. The Balaban J connectivity index is 2.08. The molecule has 2 aromatic heterocycles. The summed E-state index contributed by atoms with van der Waals surface area (Å²) in [6, 6.07) is 11.7. The van der Waals surface area contributed by atoms with Gasteiger partial charge >= 0.3 is 0 Å². The number of aromatic nitrogens is 2. The van der Waals surface area contributed by atoms with Crippen molar-refractivity contribution in [2.45, 2.75) is 26.8 Å². The maximum atomic E-state index is 6.49. The third kappa shape index (κ3) is 2.28. The predicted molar refractivity (Wildman–Crippen MR) is 82.5 cm³/mol. The smallest absolute Gasteiger partial charge is 0.106 e. The fourth-order valence-corrected chi connectivity index (χ4v) is 2.75. The molecular formula is C17H19N3O. The summed E-state index contributed by atoms with van der Waals surface area (Å²) in [6.45, 7) is 5.97. The van der Waals surface area contributed by atoms with Crippen molar-refractivity contribution in [2.24, 2.45) is 5.73 Å². The molecule has 4 heteroatoms. The first-order valence-electron chi connectivity index (χ1n) is 7.01. The van der Waals surface area contributed by atoms with E-state index in [2.05, 4.69) is 5.10 Å². The molecule has 0 saturated carbocycles. The summed E-state index contributed by atoms with van der Waals surface area (Å²) >= 11 is 0. The molecule has 1 atom stereocenters. The van der Waals surface area contributed by atoms with Crippen LogP contribution in [0.25, 0.3) is 5.69 Å². The van der Waals surface area contributed by atoms with Gasteiger partial charge in [-0.2, -0.15) is 5.10 Å². The highest BCUT2D eigenvalue weighted by atomic mass is 16.3. The molecular weight excluding hydrogens is 262 g/mol. The van der Waals surface area contributed by atoms with Crippen LogP contribution in [0.15, 0.2) is 47.0 Å². The van der Waals surface area contributed by atoms with E-state index >= 15 is 0 Å². The Morgan fingerprint density at radius 2 is 1.76 bits per heavy atom. The Labute approximate surface area is 124 Å². The molecule has 0 aliphatic rings. The Bertz CT molecular complexity index is 756. The highest BCUT2D eigenvalue weighted by Gasteiger charge is 2.22. The average Bonchev–Trinajstić information content (AvgIpc) is 3.05. The van der Waals surface area contributed by atoms with E-state index in [1.165, 1.54) is 0 Å². The van der Waals surface area contributed by atoms with Gasteiger partial charge in [-0.05, 0) is 44.5 Å². The van der Waals surface area contributed by atoms with E-state index in [1.54, 1.807) is 6.20 Å². The zero-order valence-corrected chi connectivity index (χ0v) is 12.5. The van der Waals surface area contributed by atoms with Crippen LogP contribution in [0.1, 0.15) is 34.4 Å². The number of nitrogens with two attached hydrogens (primary N) is 1. The molecule has 0 saturated heterocycles. The van der Waals surface area contributed by atoms with Crippen LogP contribution in [0.3, 0.4) is 0 Å². The Morgan fingerprint density at radius 3 is 2.38 bits per heavy atom. The van der Waals surface area contributed by atoms with Crippen LogP contribution < -0.4 is 5.73 Å². The van der Waals surface area contributed by atoms with Gasteiger partial charge in [-0.15, -0.1) is 0 Å². The second-order valence-electron chi connectivity index (χ2n) is 5.23. The first-order chi connectivity index (χ1) is 10.1. The molecule has 0 fully saturated rings. The van der Waals surface area contributed by atoms with Crippen molar-refractivity contribution in [1.82, 2.24) is 9.78 Å². The van der Waals surface area contributed by atoms with E-state index in [9.17, 15) is 0 Å². The van der Waals surface area contributed by atoms with Crippen molar-refractivity contribution < 1.29 is 4.42 Å². The van der Waals surface area contributed by atoms with Crippen LogP contribution >= 0.6 is 0 Å². The average molecular weight is 281 g/mol. The van der Waals surface area contributed by atoms with Gasteiger partial charge in [0.1, 0.15) is 11.5 Å². The minimum absolute atomic E-state index is 0.259. The second-order valence-corrected chi connectivity index (χ2v) is 5.23. The summed E-state index contributed by atoms with van der Waals surface area (Å²) in [4.78, 5) is 0. The van der Waals surface area contributed by atoms with Gasteiger partial charge in [0.05, 0.1) is 17.4 Å². The molecule has 108 valence electrons. The monoisotopic (exact) mass is 281 g/mol. The molecule has 1 aromatic carbocycles. The van der Waals surface area contributed by atoms with Gasteiger partial charge in [0, 0.05) is 11.8 Å². The zero-order valence-electron chi connectivity index (χ0n) is 12.5. The highest BCUT2D eigenvalue weighted by molar-refractivity contribution is 5.41. The normalized spacial score (nSPS) is 12.6. The van der Waals surface area contributed by atoms with Gasteiger partial charge in [0.15, 0.2) is 0 Å². The molecule has 0 bridgehead atoms. The fourth-order valence-electron chi connectivity index (χ4n) is 2.75. The van der Waals surface area contributed by atoms with E-state index < -0.39 is 0 Å². The number of hydrogen-bond donors (Lipinski definition) is 1. The molecule has 2 N–H and O–H groups in total. The molecule has 0 radical (unpaired) electrons. The Hall–Kier alpha value is -2.33. The second kappa shape index (κ2) is 5.22. The standard InChI is InChI=1S/C17H19N3O/c1-11-12(2)21-13(3)16(11)17(18)15-9-10-19-20(15)14-7-5-4-6-8-14/h4-10,17H,18H2,1-3H3. The first-order valence-corrected chi connectivity index (χ1v) is 7.01. The summed E-state index contributed by atoms with van der Waals surface area (Å²) in [5.74, 6) is 1.79. The summed E-state index contributed by atoms with van der Waals surface area (Å²) in [6.07, 6.45) is 1.78. The molecule has 0 aliphatic heterocycles. The molecule has 4 nitrogen and oxygen atoms in total. The largest absolute Gasteiger partial charge is 0.466 e. The number of furan rings is 1. The predicted octanol–water partition coefficient (Wildman–Crippen LogP) is 3.44. The van der Waals surface area contributed by atoms with E-state index in [0.717, 1.165) is 34.0 Å². The molecule has 2 heterocycles. The lowest BCUT2D eigenvalue weighted by Crippen LogP contribution is -2.18. The molecule has 0 amide bonds. The van der Waals surface area contributed by atoms with Crippen molar-refractivity contribution in [2.75, 3.05) is 0 Å². The van der Waals surface area contributed by atoms with Crippen molar-refractivity contribution in [1.29, 1.82) is 0 Å². The summed E-state index contributed by atoms with van der Waals surface area (Å²) in [5.41, 5.74) is 10.6. The SMILES string of the molecule is Cc1oc(C)c(C(N)c2ccnn2-c2ccccc2)c1C. The van der Waals surface area contributed by atoms with Crippen LogP contribution in [0, 0.1) is 20.8 Å². The lowest BCUT2D eigenvalue weighted by atomic mass is 10.00. The number of para-hydroxylation sites is 1. The minimum atomic E-state index is -0.259. The van der Waals surface area contributed by atoms with Crippen molar-refractivity contribution >= 4 is 0 Å². The van der Waals surface area contributed by atoms with E-state index in [0.29, 0.717) is 0 Å². The third-order valence-corrected chi connectivity index (χ3v) is 3.92. The maximum absolute atomic E-state index is 6.49. The van der Waals surface area contributed by atoms with Gasteiger partial charge in [-0.25, -0.2) is 4.68 Å². The lowest BCUT2D eigenvalue weighted by Gasteiger charge is -2.15. The summed E-state index contributed by atoms with van der Waals surface area (Å²) in [5, 5.41) is 4.41. The number of hydrogen-bond acceptors (Lipinski definition) is 3. The zero-order chi connectivity index (χ0) is 15.0. The Morgan fingerprint density at radius 1 is 1.05 bits per heavy atom. The summed E-state index contributed by atoms with van der Waals surface area (Å²) in [7, 11) is 0. The lowest BCUT2D eigenvalue weighted by molar-refractivity contribution is 0.497. The van der Waals surface area contributed by atoms with Crippen LogP contribution in [-0.2, 0) is 0 Å². The van der Waals surface area contributed by atoms with Crippen molar-refractivity contribution in [3.63, 3.8) is 0 Å². The van der Waals surface area contributed by atoms with E-state index in [4.69, 9.17) is 10.2 Å². The van der Waals surface area contributed by atoms with Crippen LogP contribution in [0.4, 0.5) is 0 Å². The van der Waals surface area contributed by atoms with Crippen LogP contribution in [0.2, 0.25) is 0 Å². The molecule has 3 rings (SSSR count). The van der Waals surface area contributed by atoms with Gasteiger partial charge in [-0.3, -0.25) is 0 Å². The maximum Gasteiger partial charge on any atom is 0.106 e. The van der Waals surface area contributed by atoms with Crippen LogP contribution in [0.5, 0.6) is 0 Å². The number of rotatable bonds is 3. The highest BCUT2D eigenvalue weighted by Crippen LogP contribution is 2.30. The third-order valence-electron chi connectivity index (χ3n) is 3.92. The van der Waals surface area contributed by atoms with E-state index in [1.807, 2.05) is 61.9 Å². The molecule has 0 spiro atoms.